The van der Waals surface area contributed by atoms with Gasteiger partial charge in [0.15, 0.2) is 11.3 Å². The van der Waals surface area contributed by atoms with Crippen LogP contribution in [0.3, 0.4) is 0 Å². The molecule has 5 aromatic rings. The largest absolute Gasteiger partial charge is 0.355 e. The smallest absolute Gasteiger partial charge is 0.278 e. The van der Waals surface area contributed by atoms with Gasteiger partial charge in [-0.05, 0) is 47.2 Å². The average Bonchev–Trinajstić information content (AvgIpc) is 3.45. The Bertz CT molecular complexity index is 1420. The molecule has 1 amide bonds. The molecule has 8 nitrogen and oxygen atoms in total. The van der Waals surface area contributed by atoms with Gasteiger partial charge in [0.05, 0.1) is 11.1 Å². The number of aromatic amines is 1. The fourth-order valence-corrected chi connectivity index (χ4v) is 3.41. The van der Waals surface area contributed by atoms with Gasteiger partial charge in [0.2, 0.25) is 5.82 Å². The molecule has 0 unspecified atom stereocenters. The van der Waals surface area contributed by atoms with Gasteiger partial charge in [0.1, 0.15) is 5.82 Å². The van der Waals surface area contributed by atoms with E-state index in [4.69, 9.17) is 16.1 Å². The van der Waals surface area contributed by atoms with Crippen molar-refractivity contribution >= 4 is 34.2 Å². The molecule has 0 atom stereocenters. The van der Waals surface area contributed by atoms with Gasteiger partial charge in [-0.2, -0.15) is 5.21 Å². The number of H-pyrrole nitrogens is 1. The Hall–Kier alpha value is -4.11. The number of carbonyl (C=O) groups is 1. The Morgan fingerprint density at radius 1 is 1.06 bits per heavy atom. The molecule has 5 rings (SSSR count). The lowest BCUT2D eigenvalue weighted by Crippen LogP contribution is -2.13. The first-order chi connectivity index (χ1) is 15.1. The van der Waals surface area contributed by atoms with Gasteiger partial charge in [-0.3, -0.25) is 4.79 Å². The van der Waals surface area contributed by atoms with Crippen LogP contribution in [-0.4, -0.2) is 31.7 Å². The number of rotatable bonds is 4. The summed E-state index contributed by atoms with van der Waals surface area (Å²) in [5.74, 6) is -0.614. The summed E-state index contributed by atoms with van der Waals surface area (Å²) in [5, 5.41) is 21.3. The van der Waals surface area contributed by atoms with Crippen LogP contribution in [0, 0.1) is 5.82 Å². The SMILES string of the molecule is O=C(Nc1ccc(Cl)cc1-c1nn[nH]n1)c1noc2ccc(-c3ccccc3F)cc12. The maximum Gasteiger partial charge on any atom is 0.278 e. The van der Waals surface area contributed by atoms with Crippen molar-refractivity contribution in [2.45, 2.75) is 0 Å². The van der Waals surface area contributed by atoms with Crippen LogP contribution in [0.5, 0.6) is 0 Å². The lowest BCUT2D eigenvalue weighted by molar-refractivity contribution is 0.102. The molecule has 0 aliphatic heterocycles. The lowest BCUT2D eigenvalue weighted by atomic mass is 10.0. The second-order valence-corrected chi connectivity index (χ2v) is 7.04. The van der Waals surface area contributed by atoms with Gasteiger partial charge >= 0.3 is 0 Å². The van der Waals surface area contributed by atoms with E-state index in [0.717, 1.165) is 0 Å². The number of nitrogens with one attached hydrogen (secondary N) is 2. The Labute approximate surface area is 179 Å². The van der Waals surface area contributed by atoms with E-state index in [0.29, 0.717) is 38.4 Å². The minimum absolute atomic E-state index is 0.0576. The second kappa shape index (κ2) is 7.62. The summed E-state index contributed by atoms with van der Waals surface area (Å²) in [6.45, 7) is 0. The van der Waals surface area contributed by atoms with Gasteiger partial charge in [-0.25, -0.2) is 4.39 Å². The number of amides is 1. The van der Waals surface area contributed by atoms with Gasteiger partial charge < -0.3 is 9.84 Å². The van der Waals surface area contributed by atoms with Gasteiger partial charge in [-0.1, -0.05) is 41.0 Å². The van der Waals surface area contributed by atoms with Crippen LogP contribution in [0.25, 0.3) is 33.5 Å². The lowest BCUT2D eigenvalue weighted by Gasteiger charge is -2.08. The molecule has 2 heterocycles. The minimum Gasteiger partial charge on any atom is -0.355 e. The predicted molar refractivity (Wildman–Crippen MR) is 112 cm³/mol. The monoisotopic (exact) mass is 434 g/mol. The summed E-state index contributed by atoms with van der Waals surface area (Å²) < 4.78 is 19.5. The van der Waals surface area contributed by atoms with Crippen molar-refractivity contribution in [1.29, 1.82) is 0 Å². The molecule has 10 heteroatoms. The van der Waals surface area contributed by atoms with Crippen molar-refractivity contribution in [3.8, 4) is 22.5 Å². The number of hydrogen-bond acceptors (Lipinski definition) is 6. The molecule has 0 aliphatic carbocycles. The highest BCUT2D eigenvalue weighted by Crippen LogP contribution is 2.31. The van der Waals surface area contributed by atoms with E-state index in [9.17, 15) is 9.18 Å². The summed E-state index contributed by atoms with van der Waals surface area (Å²) in [6, 6.07) is 16.3. The third kappa shape index (κ3) is 3.51. The number of tetrazole rings is 1. The van der Waals surface area contributed by atoms with E-state index in [2.05, 4.69) is 31.1 Å². The van der Waals surface area contributed by atoms with Gasteiger partial charge in [-0.15, -0.1) is 10.2 Å². The van der Waals surface area contributed by atoms with Gasteiger partial charge in [0, 0.05) is 16.1 Å². The van der Waals surface area contributed by atoms with Crippen LogP contribution in [0.4, 0.5) is 10.1 Å². The molecule has 2 aromatic heterocycles. The standard InChI is InChI=1S/C21H12ClFN6O2/c22-12-6-7-17(14(10-12)20-25-28-29-26-20)24-21(30)19-15-9-11(5-8-18(15)31-27-19)13-3-1-2-4-16(13)23/h1-10H,(H,24,30)(H,25,26,28,29). The number of nitrogens with zero attached hydrogens (tertiary/aromatic N) is 4. The van der Waals surface area contributed by atoms with Crippen molar-refractivity contribution in [3.63, 3.8) is 0 Å². The van der Waals surface area contributed by atoms with Crippen molar-refractivity contribution in [3.05, 3.63) is 77.2 Å². The number of aromatic nitrogens is 5. The topological polar surface area (TPSA) is 110 Å². The Morgan fingerprint density at radius 2 is 1.94 bits per heavy atom. The normalized spacial score (nSPS) is 11.0. The summed E-state index contributed by atoms with van der Waals surface area (Å²) >= 11 is 6.08. The Morgan fingerprint density at radius 3 is 2.74 bits per heavy atom. The van der Waals surface area contributed by atoms with E-state index in [1.54, 1.807) is 54.6 Å². The van der Waals surface area contributed by atoms with Gasteiger partial charge in [0.25, 0.3) is 5.91 Å². The first-order valence-electron chi connectivity index (χ1n) is 9.09. The molecule has 3 aromatic carbocycles. The first kappa shape index (κ1) is 18.9. The molecule has 152 valence electrons. The molecule has 2 N–H and O–H groups in total. The average molecular weight is 435 g/mol. The van der Waals surface area contributed by atoms with Crippen LogP contribution >= 0.6 is 11.6 Å². The third-order valence-corrected chi connectivity index (χ3v) is 4.92. The zero-order chi connectivity index (χ0) is 21.4. The van der Waals surface area contributed by atoms with Crippen LogP contribution in [0.1, 0.15) is 10.5 Å². The van der Waals surface area contributed by atoms with Crippen LogP contribution in [0.2, 0.25) is 5.02 Å². The van der Waals surface area contributed by atoms with Crippen LogP contribution in [0.15, 0.2) is 65.2 Å². The fourth-order valence-electron chi connectivity index (χ4n) is 3.23. The highest BCUT2D eigenvalue weighted by molar-refractivity contribution is 6.31. The number of anilines is 1. The fraction of sp³-hybridized carbons (Fsp3) is 0. The molecule has 0 fully saturated rings. The maximum absolute atomic E-state index is 14.2. The van der Waals surface area contributed by atoms with Crippen LogP contribution in [-0.2, 0) is 0 Å². The number of halogens is 2. The van der Waals surface area contributed by atoms with E-state index < -0.39 is 5.91 Å². The van der Waals surface area contributed by atoms with Crippen molar-refractivity contribution in [2.24, 2.45) is 0 Å². The van der Waals surface area contributed by atoms with E-state index in [-0.39, 0.29) is 17.3 Å². The zero-order valence-corrected chi connectivity index (χ0v) is 16.4. The first-order valence-corrected chi connectivity index (χ1v) is 9.47. The number of hydrogen-bond donors (Lipinski definition) is 2. The summed E-state index contributed by atoms with van der Waals surface area (Å²) in [7, 11) is 0. The third-order valence-electron chi connectivity index (χ3n) is 4.69. The molecule has 31 heavy (non-hydrogen) atoms. The van der Waals surface area contributed by atoms with Crippen molar-refractivity contribution in [1.82, 2.24) is 25.8 Å². The quantitative estimate of drug-likeness (QED) is 0.423. The predicted octanol–water partition coefficient (Wildman–Crippen LogP) is 4.72. The van der Waals surface area contributed by atoms with E-state index >= 15 is 0 Å². The molecular weight excluding hydrogens is 423 g/mol. The molecule has 0 saturated heterocycles. The zero-order valence-electron chi connectivity index (χ0n) is 15.6. The molecule has 0 bridgehead atoms. The summed E-state index contributed by atoms with van der Waals surface area (Å²) in [4.78, 5) is 13.0. The molecule has 0 saturated carbocycles. The highest BCUT2D eigenvalue weighted by atomic mass is 35.5. The molecule has 0 spiro atoms. The molecule has 0 radical (unpaired) electrons. The Kier molecular flexibility index (Phi) is 4.64. The summed E-state index contributed by atoms with van der Waals surface area (Å²) in [6.07, 6.45) is 0. The van der Waals surface area contributed by atoms with Crippen molar-refractivity contribution < 1.29 is 13.7 Å². The molecular formula is C21H12ClFN6O2. The highest BCUT2D eigenvalue weighted by Gasteiger charge is 2.20. The van der Waals surface area contributed by atoms with Crippen LogP contribution < -0.4 is 5.32 Å². The van der Waals surface area contributed by atoms with E-state index in [1.165, 1.54) is 6.07 Å². The number of carbonyl (C=O) groups excluding carboxylic acids is 1. The Balaban J connectivity index is 1.53. The van der Waals surface area contributed by atoms with E-state index in [1.807, 2.05) is 0 Å². The minimum atomic E-state index is -0.517. The number of benzene rings is 3. The molecule has 0 aliphatic rings. The summed E-state index contributed by atoms with van der Waals surface area (Å²) in [5.41, 5.74) is 2.37. The van der Waals surface area contributed by atoms with Crippen molar-refractivity contribution in [2.75, 3.05) is 5.32 Å². The number of fused-ring (bicyclic) bond motifs is 1. The second-order valence-electron chi connectivity index (χ2n) is 6.60. The maximum atomic E-state index is 14.2.